The third kappa shape index (κ3) is 2.82. The molecule has 0 spiro atoms. The molecule has 2 atom stereocenters. The molecule has 27 heavy (non-hydrogen) atoms. The van der Waals surface area contributed by atoms with Crippen molar-refractivity contribution in [3.63, 3.8) is 0 Å². The van der Waals surface area contributed by atoms with E-state index in [0.717, 1.165) is 41.2 Å². The summed E-state index contributed by atoms with van der Waals surface area (Å²) in [5.41, 5.74) is 3.87. The maximum absolute atomic E-state index is 5.01. The minimum absolute atomic E-state index is 0.452. The van der Waals surface area contributed by atoms with E-state index < -0.39 is 0 Å². The Morgan fingerprint density at radius 2 is 1.78 bits per heavy atom. The Hall–Kier alpha value is -2.99. The Kier molecular flexibility index (Phi) is 3.79. The van der Waals surface area contributed by atoms with Gasteiger partial charge in [0.1, 0.15) is 5.69 Å². The number of fused-ring (bicyclic) bond motifs is 2. The predicted molar refractivity (Wildman–Crippen MR) is 108 cm³/mol. The summed E-state index contributed by atoms with van der Waals surface area (Å²) in [6.45, 7) is 6.41. The van der Waals surface area contributed by atoms with Crippen LogP contribution in [0.3, 0.4) is 0 Å². The van der Waals surface area contributed by atoms with Gasteiger partial charge in [-0.25, -0.2) is 4.98 Å². The van der Waals surface area contributed by atoms with E-state index in [4.69, 9.17) is 4.98 Å². The summed E-state index contributed by atoms with van der Waals surface area (Å²) in [5.74, 6) is 0.768. The highest BCUT2D eigenvalue weighted by Crippen LogP contribution is 2.29. The van der Waals surface area contributed by atoms with Gasteiger partial charge in [0.05, 0.1) is 11.2 Å². The minimum atomic E-state index is 0.452. The van der Waals surface area contributed by atoms with Crippen LogP contribution in [0.15, 0.2) is 54.7 Å². The Morgan fingerprint density at radius 1 is 0.926 bits per heavy atom. The number of aromatic nitrogens is 4. The zero-order valence-electron chi connectivity index (χ0n) is 15.5. The van der Waals surface area contributed by atoms with Crippen LogP contribution >= 0.6 is 0 Å². The zero-order valence-corrected chi connectivity index (χ0v) is 15.5. The molecule has 6 heteroatoms. The van der Waals surface area contributed by atoms with Crippen molar-refractivity contribution < 1.29 is 0 Å². The third-order valence-electron chi connectivity index (χ3n) is 5.14. The summed E-state index contributed by atoms with van der Waals surface area (Å²) < 4.78 is 1.98. The van der Waals surface area contributed by atoms with Crippen LogP contribution in [0.4, 0.5) is 5.69 Å². The number of piperazine rings is 1. The van der Waals surface area contributed by atoms with Gasteiger partial charge in [-0.05, 0) is 38.1 Å². The highest BCUT2D eigenvalue weighted by Gasteiger charge is 2.23. The molecule has 0 radical (unpaired) electrons. The smallest absolute Gasteiger partial charge is 0.187 e. The second-order valence-corrected chi connectivity index (χ2v) is 7.37. The summed E-state index contributed by atoms with van der Waals surface area (Å²) in [5, 5.41) is 13.4. The van der Waals surface area contributed by atoms with Crippen molar-refractivity contribution in [3.05, 3.63) is 54.7 Å². The summed E-state index contributed by atoms with van der Waals surface area (Å²) in [6, 6.07) is 17.4. The summed E-state index contributed by atoms with van der Waals surface area (Å²) >= 11 is 0. The molecule has 1 aliphatic heterocycles. The van der Waals surface area contributed by atoms with E-state index in [1.807, 2.05) is 34.9 Å². The second-order valence-electron chi connectivity index (χ2n) is 7.37. The van der Waals surface area contributed by atoms with Crippen LogP contribution in [0.25, 0.3) is 28.1 Å². The number of anilines is 1. The maximum atomic E-state index is 5.01. The summed E-state index contributed by atoms with van der Waals surface area (Å²) in [6.07, 6.45) is 1.97. The predicted octanol–water partition coefficient (Wildman–Crippen LogP) is 3.13. The quantitative estimate of drug-likeness (QED) is 0.597. The molecule has 3 aromatic heterocycles. The Labute approximate surface area is 157 Å². The van der Waals surface area contributed by atoms with Crippen LogP contribution in [-0.2, 0) is 0 Å². The van der Waals surface area contributed by atoms with E-state index in [-0.39, 0.29) is 0 Å². The lowest BCUT2D eigenvalue weighted by molar-refractivity contribution is 0.407. The van der Waals surface area contributed by atoms with E-state index in [0.29, 0.717) is 12.1 Å². The minimum Gasteiger partial charge on any atom is -0.367 e. The molecule has 0 saturated carbocycles. The molecular formula is C21H22N6. The van der Waals surface area contributed by atoms with Crippen LogP contribution in [0.5, 0.6) is 0 Å². The maximum Gasteiger partial charge on any atom is 0.187 e. The molecule has 1 fully saturated rings. The van der Waals surface area contributed by atoms with E-state index >= 15 is 0 Å². The monoisotopic (exact) mass is 358 g/mol. The van der Waals surface area contributed by atoms with Crippen LogP contribution in [0.2, 0.25) is 0 Å². The van der Waals surface area contributed by atoms with Gasteiger partial charge in [-0.2, -0.15) is 0 Å². The molecule has 4 aromatic rings. The first kappa shape index (κ1) is 16.2. The van der Waals surface area contributed by atoms with Crippen LogP contribution in [0, 0.1) is 0 Å². The first-order valence-electron chi connectivity index (χ1n) is 9.40. The number of rotatable bonds is 2. The van der Waals surface area contributed by atoms with Crippen molar-refractivity contribution >= 4 is 22.2 Å². The highest BCUT2D eigenvalue weighted by atomic mass is 15.3. The Bertz CT molecular complexity index is 1110. The summed E-state index contributed by atoms with van der Waals surface area (Å²) in [4.78, 5) is 7.45. The number of hydrogen-bond acceptors (Lipinski definition) is 5. The first-order chi connectivity index (χ1) is 13.2. The molecule has 136 valence electrons. The average molecular weight is 358 g/mol. The first-order valence-corrected chi connectivity index (χ1v) is 9.40. The number of nitrogens with zero attached hydrogens (tertiary/aromatic N) is 5. The van der Waals surface area contributed by atoms with Gasteiger partial charge in [-0.1, -0.05) is 24.3 Å². The highest BCUT2D eigenvalue weighted by molar-refractivity contribution is 5.92. The molecule has 0 amide bonds. The zero-order chi connectivity index (χ0) is 18.4. The molecule has 1 aromatic carbocycles. The van der Waals surface area contributed by atoms with Crippen molar-refractivity contribution in [2.24, 2.45) is 0 Å². The number of benzene rings is 1. The Balaban J connectivity index is 1.65. The number of nitrogens with one attached hydrogen (secondary N) is 1. The summed E-state index contributed by atoms with van der Waals surface area (Å²) in [7, 11) is 0. The number of hydrogen-bond donors (Lipinski definition) is 1. The van der Waals surface area contributed by atoms with E-state index in [9.17, 15) is 0 Å². The lowest BCUT2D eigenvalue weighted by Gasteiger charge is -2.38. The van der Waals surface area contributed by atoms with Gasteiger partial charge in [0.15, 0.2) is 11.5 Å². The van der Waals surface area contributed by atoms with Crippen molar-refractivity contribution in [2.45, 2.75) is 25.9 Å². The fraction of sp³-hybridized carbons (Fsp3) is 0.286. The van der Waals surface area contributed by atoms with Gasteiger partial charge in [0.25, 0.3) is 0 Å². The van der Waals surface area contributed by atoms with Gasteiger partial charge in [-0.15, -0.1) is 10.2 Å². The lowest BCUT2D eigenvalue weighted by atomic mass is 10.1. The van der Waals surface area contributed by atoms with Crippen molar-refractivity contribution in [1.29, 1.82) is 0 Å². The molecule has 2 unspecified atom stereocenters. The molecular weight excluding hydrogens is 336 g/mol. The lowest BCUT2D eigenvalue weighted by Crippen LogP contribution is -2.54. The Morgan fingerprint density at radius 3 is 2.63 bits per heavy atom. The van der Waals surface area contributed by atoms with Gasteiger partial charge >= 0.3 is 0 Å². The molecule has 1 aliphatic rings. The normalized spacial score (nSPS) is 20.4. The van der Waals surface area contributed by atoms with E-state index in [1.54, 1.807) is 0 Å². The van der Waals surface area contributed by atoms with Crippen molar-refractivity contribution in [3.8, 4) is 11.5 Å². The van der Waals surface area contributed by atoms with Gasteiger partial charge in [0.2, 0.25) is 0 Å². The van der Waals surface area contributed by atoms with Crippen LogP contribution in [0.1, 0.15) is 13.8 Å². The largest absolute Gasteiger partial charge is 0.367 e. The fourth-order valence-corrected chi connectivity index (χ4v) is 4.05. The van der Waals surface area contributed by atoms with Crippen molar-refractivity contribution in [2.75, 3.05) is 18.0 Å². The third-order valence-corrected chi connectivity index (χ3v) is 5.14. The van der Waals surface area contributed by atoms with E-state index in [2.05, 4.69) is 58.5 Å². The number of pyridine rings is 2. The second kappa shape index (κ2) is 6.32. The molecule has 0 bridgehead atoms. The fourth-order valence-electron chi connectivity index (χ4n) is 4.05. The topological polar surface area (TPSA) is 58.4 Å². The molecule has 4 heterocycles. The standard InChI is InChI=1S/C21H22N6/c1-14-12-26(13-15(2)22-14)18-7-5-6-16-9-10-17(23-20(16)18)21-25-24-19-8-3-4-11-27(19)21/h3-11,14-15,22H,12-13H2,1-2H3. The average Bonchev–Trinajstić information content (AvgIpc) is 3.10. The molecule has 1 N–H and O–H groups in total. The molecule has 1 saturated heterocycles. The van der Waals surface area contributed by atoms with Crippen LogP contribution < -0.4 is 10.2 Å². The SMILES string of the molecule is CC1CN(c2cccc3ccc(-c4nnc5ccccn45)nc23)CC(C)N1. The molecule has 0 aliphatic carbocycles. The van der Waals surface area contributed by atoms with Gasteiger partial charge < -0.3 is 10.2 Å². The van der Waals surface area contributed by atoms with Gasteiger partial charge in [-0.3, -0.25) is 4.40 Å². The van der Waals surface area contributed by atoms with E-state index in [1.165, 1.54) is 5.69 Å². The molecule has 5 rings (SSSR count). The van der Waals surface area contributed by atoms with Crippen molar-refractivity contribution in [1.82, 2.24) is 24.9 Å². The number of para-hydroxylation sites is 1. The molecule has 6 nitrogen and oxygen atoms in total. The van der Waals surface area contributed by atoms with Crippen LogP contribution in [-0.4, -0.2) is 44.8 Å². The van der Waals surface area contributed by atoms with Gasteiger partial charge in [0, 0.05) is 36.8 Å².